The zero-order valence-corrected chi connectivity index (χ0v) is 14.6. The van der Waals surface area contributed by atoms with Gasteiger partial charge in [0.25, 0.3) is 0 Å². The molecule has 1 aliphatic heterocycles. The quantitative estimate of drug-likeness (QED) is 0.903. The van der Waals surface area contributed by atoms with Crippen LogP contribution in [0.15, 0.2) is 21.4 Å². The fraction of sp³-hybridized carbons (Fsp3) is 0.533. The van der Waals surface area contributed by atoms with Gasteiger partial charge in [0.15, 0.2) is 0 Å². The molecule has 1 saturated heterocycles. The molecule has 0 aliphatic carbocycles. The number of furan rings is 1. The predicted octanol–water partition coefficient (Wildman–Crippen LogP) is 1.05. The van der Waals surface area contributed by atoms with Crippen molar-refractivity contribution in [1.82, 2.24) is 14.1 Å². The molecule has 3 rings (SSSR count). The Balaban J connectivity index is 1.93. The first-order valence-electron chi connectivity index (χ1n) is 7.54. The summed E-state index contributed by atoms with van der Waals surface area (Å²) in [6.07, 6.45) is 0. The van der Waals surface area contributed by atoms with Gasteiger partial charge in [-0.25, -0.2) is 8.42 Å². The van der Waals surface area contributed by atoms with E-state index in [0.29, 0.717) is 17.9 Å². The van der Waals surface area contributed by atoms with Crippen molar-refractivity contribution >= 4 is 10.0 Å². The monoisotopic (exact) mass is 338 g/mol. The van der Waals surface area contributed by atoms with Crippen molar-refractivity contribution in [3.8, 4) is 0 Å². The van der Waals surface area contributed by atoms with E-state index in [0.717, 1.165) is 11.5 Å². The Labute approximate surface area is 136 Å². The van der Waals surface area contributed by atoms with Gasteiger partial charge in [0, 0.05) is 32.1 Å². The Morgan fingerprint density at radius 1 is 1.26 bits per heavy atom. The Bertz CT molecular complexity index is 837. The van der Waals surface area contributed by atoms with Crippen molar-refractivity contribution in [3.05, 3.63) is 35.0 Å². The molecule has 0 spiro atoms. The normalized spacial score (nSPS) is 22.8. The Kier molecular flexibility index (Phi) is 3.86. The lowest BCUT2D eigenvalue weighted by molar-refractivity contribution is 0.428. The zero-order valence-electron chi connectivity index (χ0n) is 13.8. The molecule has 0 saturated carbocycles. The first-order chi connectivity index (χ1) is 10.7. The highest BCUT2D eigenvalue weighted by Gasteiger charge is 2.41. The van der Waals surface area contributed by atoms with Gasteiger partial charge in [-0.2, -0.15) is 9.40 Å². The second-order valence-electron chi connectivity index (χ2n) is 6.16. The van der Waals surface area contributed by atoms with Gasteiger partial charge in [-0.05, 0) is 32.9 Å². The Hall–Kier alpha value is -1.64. The number of nitrogens with zero attached hydrogens (tertiary/aromatic N) is 3. The Morgan fingerprint density at radius 2 is 1.96 bits per heavy atom. The minimum atomic E-state index is -3.62. The first-order valence-corrected chi connectivity index (χ1v) is 8.98. The highest BCUT2D eigenvalue weighted by atomic mass is 32.2. The second-order valence-corrected chi connectivity index (χ2v) is 8.04. The van der Waals surface area contributed by atoms with E-state index in [1.54, 1.807) is 25.6 Å². The van der Waals surface area contributed by atoms with Crippen LogP contribution in [0.3, 0.4) is 0 Å². The molecule has 7 nitrogen and oxygen atoms in total. The number of aryl methyl sites for hydroxylation is 3. The van der Waals surface area contributed by atoms with Crippen LogP contribution in [0.4, 0.5) is 0 Å². The lowest BCUT2D eigenvalue weighted by Gasteiger charge is -2.16. The van der Waals surface area contributed by atoms with Gasteiger partial charge in [0.1, 0.15) is 16.4 Å². The lowest BCUT2D eigenvalue weighted by Crippen LogP contribution is -2.32. The molecule has 3 heterocycles. The summed E-state index contributed by atoms with van der Waals surface area (Å²) in [5.74, 6) is 1.41. The maximum Gasteiger partial charge on any atom is 0.246 e. The van der Waals surface area contributed by atoms with E-state index < -0.39 is 10.0 Å². The average Bonchev–Trinajstić information content (AvgIpc) is 3.10. The van der Waals surface area contributed by atoms with Gasteiger partial charge in [-0.1, -0.05) is 0 Å². The Morgan fingerprint density at radius 3 is 2.48 bits per heavy atom. The summed E-state index contributed by atoms with van der Waals surface area (Å²) in [6.45, 7) is 5.94. The molecule has 0 amide bonds. The molecule has 2 aromatic rings. The van der Waals surface area contributed by atoms with Gasteiger partial charge in [0.2, 0.25) is 10.0 Å². The van der Waals surface area contributed by atoms with Crippen molar-refractivity contribution in [2.24, 2.45) is 12.8 Å². The van der Waals surface area contributed by atoms with Crippen molar-refractivity contribution < 1.29 is 12.8 Å². The highest BCUT2D eigenvalue weighted by Crippen LogP contribution is 2.33. The van der Waals surface area contributed by atoms with Gasteiger partial charge in [0.05, 0.1) is 11.4 Å². The smallest absolute Gasteiger partial charge is 0.246 e. The fourth-order valence-corrected chi connectivity index (χ4v) is 5.10. The van der Waals surface area contributed by atoms with Gasteiger partial charge in [-0.3, -0.25) is 4.68 Å². The molecule has 1 fully saturated rings. The van der Waals surface area contributed by atoms with Crippen molar-refractivity contribution in [2.75, 3.05) is 13.1 Å². The van der Waals surface area contributed by atoms with Crippen LogP contribution in [-0.2, 0) is 17.1 Å². The minimum absolute atomic E-state index is 0.129. The summed E-state index contributed by atoms with van der Waals surface area (Å²) in [5.41, 5.74) is 7.32. The van der Waals surface area contributed by atoms with E-state index in [2.05, 4.69) is 5.10 Å². The maximum absolute atomic E-state index is 13.0. The van der Waals surface area contributed by atoms with E-state index in [4.69, 9.17) is 10.2 Å². The summed E-state index contributed by atoms with van der Waals surface area (Å²) in [5, 5.41) is 4.21. The summed E-state index contributed by atoms with van der Waals surface area (Å²) < 4.78 is 34.7. The van der Waals surface area contributed by atoms with Crippen LogP contribution >= 0.6 is 0 Å². The summed E-state index contributed by atoms with van der Waals surface area (Å²) in [4.78, 5) is 0.281. The topological polar surface area (TPSA) is 94.4 Å². The van der Waals surface area contributed by atoms with E-state index >= 15 is 0 Å². The standard InChI is InChI=1S/C15H22N4O3S/c1-9-5-6-14(22-9)12-7-19(8-13(12)16)23(20,21)15-10(2)17-18(4)11(15)3/h5-6,12-13H,7-8,16H2,1-4H3. The number of rotatable bonds is 3. The molecule has 2 unspecified atom stereocenters. The second kappa shape index (κ2) is 5.47. The molecule has 126 valence electrons. The van der Waals surface area contributed by atoms with E-state index in [-0.39, 0.29) is 23.4 Å². The number of hydrogen-bond acceptors (Lipinski definition) is 5. The SMILES string of the molecule is Cc1ccc(C2CN(S(=O)(=O)c3c(C)nn(C)c3C)CC2N)o1. The summed E-state index contributed by atoms with van der Waals surface area (Å²) in [7, 11) is -1.88. The molecule has 8 heteroatoms. The number of hydrogen-bond donors (Lipinski definition) is 1. The molecule has 2 aromatic heterocycles. The third-order valence-corrected chi connectivity index (χ3v) is 6.58. The maximum atomic E-state index is 13.0. The van der Waals surface area contributed by atoms with Crippen LogP contribution in [0.2, 0.25) is 0 Å². The van der Waals surface area contributed by atoms with Gasteiger partial charge < -0.3 is 10.2 Å². The van der Waals surface area contributed by atoms with Crippen molar-refractivity contribution in [3.63, 3.8) is 0 Å². The molecule has 0 aromatic carbocycles. The van der Waals surface area contributed by atoms with Crippen LogP contribution in [0.1, 0.15) is 28.8 Å². The minimum Gasteiger partial charge on any atom is -0.466 e. The van der Waals surface area contributed by atoms with Crippen LogP contribution in [0.25, 0.3) is 0 Å². The number of nitrogens with two attached hydrogens (primary N) is 1. The molecule has 0 bridgehead atoms. The van der Waals surface area contributed by atoms with E-state index in [1.807, 2.05) is 19.1 Å². The van der Waals surface area contributed by atoms with E-state index in [1.165, 1.54) is 4.31 Å². The predicted molar refractivity (Wildman–Crippen MR) is 85.6 cm³/mol. The molecular formula is C15H22N4O3S. The van der Waals surface area contributed by atoms with Gasteiger partial charge >= 0.3 is 0 Å². The largest absolute Gasteiger partial charge is 0.466 e. The van der Waals surface area contributed by atoms with Crippen LogP contribution < -0.4 is 5.73 Å². The molecule has 2 N–H and O–H groups in total. The summed E-state index contributed by atoms with van der Waals surface area (Å²) in [6, 6.07) is 3.46. The van der Waals surface area contributed by atoms with Crippen LogP contribution in [0.5, 0.6) is 0 Å². The average molecular weight is 338 g/mol. The molecule has 1 aliphatic rings. The summed E-state index contributed by atoms with van der Waals surface area (Å²) >= 11 is 0. The molecule has 23 heavy (non-hydrogen) atoms. The third kappa shape index (κ3) is 2.60. The number of aromatic nitrogens is 2. The van der Waals surface area contributed by atoms with E-state index in [9.17, 15) is 8.42 Å². The molecular weight excluding hydrogens is 316 g/mol. The fourth-order valence-electron chi connectivity index (χ4n) is 3.20. The molecule has 2 atom stereocenters. The van der Waals surface area contributed by atoms with Crippen molar-refractivity contribution in [2.45, 2.75) is 37.6 Å². The molecule has 0 radical (unpaired) electrons. The zero-order chi connectivity index (χ0) is 16.9. The first kappa shape index (κ1) is 16.2. The third-order valence-electron chi connectivity index (χ3n) is 4.50. The number of sulfonamides is 1. The lowest BCUT2D eigenvalue weighted by atomic mass is 10.0. The van der Waals surface area contributed by atoms with Crippen LogP contribution in [0, 0.1) is 20.8 Å². The van der Waals surface area contributed by atoms with Crippen LogP contribution in [-0.4, -0.2) is 41.6 Å². The highest BCUT2D eigenvalue weighted by molar-refractivity contribution is 7.89. The van der Waals surface area contributed by atoms with Crippen molar-refractivity contribution in [1.29, 1.82) is 0 Å². The van der Waals surface area contributed by atoms with Gasteiger partial charge in [-0.15, -0.1) is 0 Å².